The predicted octanol–water partition coefficient (Wildman–Crippen LogP) is 3.20. The molecule has 0 saturated carbocycles. The molecule has 4 fully saturated rings. The Bertz CT molecular complexity index is 3390. The van der Waals surface area contributed by atoms with Crippen LogP contribution < -0.4 is 41.5 Å². The van der Waals surface area contributed by atoms with Crippen LogP contribution in [-0.2, 0) is 57.6 Å². The lowest BCUT2D eigenvalue weighted by Crippen LogP contribution is -2.89. The van der Waals surface area contributed by atoms with Crippen LogP contribution in [0.4, 0.5) is 0 Å². The van der Waals surface area contributed by atoms with Crippen molar-refractivity contribution in [2.45, 2.75) is 13.1 Å². The van der Waals surface area contributed by atoms with Crippen LogP contribution in [0.25, 0.3) is 0 Å². The summed E-state index contributed by atoms with van der Waals surface area (Å²) in [6.45, 7) is 12.8. The second kappa shape index (κ2) is 22.1. The first-order valence-corrected chi connectivity index (χ1v) is 45.1. The van der Waals surface area contributed by atoms with Crippen molar-refractivity contribution in [3.8, 4) is 0 Å². The maximum atomic E-state index is 8.46. The van der Waals surface area contributed by atoms with E-state index in [9.17, 15) is 0 Å². The van der Waals surface area contributed by atoms with Crippen LogP contribution in [0.5, 0.6) is 0 Å². The molecule has 9 atom stereocenters. The zero-order valence-corrected chi connectivity index (χ0v) is 55.1. The molecular formula is C54H56O14Si11. The van der Waals surface area contributed by atoms with Gasteiger partial charge in [-0.3, -0.25) is 0 Å². The molecular weight excluding hydrogens is 1180 g/mol. The third-order valence-electron chi connectivity index (χ3n) is 13.6. The first-order valence-electron chi connectivity index (χ1n) is 25.8. The molecule has 4 heterocycles. The smallest absolute Gasteiger partial charge is 0.414 e. The summed E-state index contributed by atoms with van der Waals surface area (Å²) in [5.41, 5.74) is 3.43. The molecule has 79 heavy (non-hydrogen) atoms. The molecule has 7 unspecified atom stereocenters. The average Bonchev–Trinajstić information content (AvgIpc) is 3.63. The molecule has 4 aliphatic rings. The van der Waals surface area contributed by atoms with Crippen LogP contribution in [0.1, 0.15) is 0 Å². The van der Waals surface area contributed by atoms with Crippen LogP contribution >= 0.6 is 0 Å². The molecule has 0 amide bonds. The largest absolute Gasteiger partial charge is 0.515 e. The maximum absolute atomic E-state index is 8.46. The Morgan fingerprint density at radius 1 is 0.316 bits per heavy atom. The minimum Gasteiger partial charge on any atom is -0.414 e. The van der Waals surface area contributed by atoms with Crippen LogP contribution in [-0.4, -0.2) is 98.5 Å². The summed E-state index contributed by atoms with van der Waals surface area (Å²) in [6, 6.07) is 77.4. The molecule has 0 N–H and O–H groups in total. The van der Waals surface area contributed by atoms with Gasteiger partial charge in [0.25, 0.3) is 10.0 Å². The van der Waals surface area contributed by atoms with E-state index in [-0.39, 0.29) is 0 Å². The Morgan fingerprint density at radius 2 is 0.570 bits per heavy atom. The van der Waals surface area contributed by atoms with E-state index >= 15 is 0 Å². The fourth-order valence-corrected chi connectivity index (χ4v) is 61.9. The average molecular weight is 1240 g/mol. The van der Waals surface area contributed by atoms with Crippen LogP contribution in [0.2, 0.25) is 13.1 Å². The van der Waals surface area contributed by atoms with Crippen molar-refractivity contribution in [3.63, 3.8) is 0 Å². The number of hydrogen-bond acceptors (Lipinski definition) is 14. The third kappa shape index (κ3) is 10.5. The monoisotopic (exact) mass is 1240 g/mol. The van der Waals surface area contributed by atoms with Gasteiger partial charge in [0, 0.05) is 36.3 Å². The van der Waals surface area contributed by atoms with Crippen molar-refractivity contribution in [2.75, 3.05) is 0 Å². The van der Waals surface area contributed by atoms with Crippen molar-refractivity contribution in [2.24, 2.45) is 0 Å². The van der Waals surface area contributed by atoms with Gasteiger partial charge in [-0.2, -0.15) is 0 Å². The lowest BCUT2D eigenvalue weighted by Gasteiger charge is -2.57. The summed E-state index contributed by atoms with van der Waals surface area (Å²) in [5.74, 6) is 0. The van der Waals surface area contributed by atoms with Gasteiger partial charge in [0.15, 0.2) is 9.76 Å². The lowest BCUT2D eigenvalue weighted by molar-refractivity contribution is 0.0580. The first-order chi connectivity index (χ1) is 38.4. The highest BCUT2D eigenvalue weighted by Gasteiger charge is 2.79. The van der Waals surface area contributed by atoms with Crippen molar-refractivity contribution in [1.29, 1.82) is 0 Å². The van der Waals surface area contributed by atoms with Crippen molar-refractivity contribution in [3.05, 3.63) is 267 Å². The van der Waals surface area contributed by atoms with E-state index in [1.165, 1.54) is 0 Å². The van der Waals surface area contributed by atoms with E-state index in [2.05, 4.69) is 25.3 Å². The zero-order valence-electron chi connectivity index (χ0n) is 43.3. The third-order valence-corrected chi connectivity index (χ3v) is 55.1. The van der Waals surface area contributed by atoms with Crippen molar-refractivity contribution >= 4 is 140 Å². The number of fused-ring (bicyclic) bond motifs is 6. The van der Waals surface area contributed by atoms with Gasteiger partial charge < -0.3 is 57.6 Å². The summed E-state index contributed by atoms with van der Waals surface area (Å²) in [4.78, 5) is 0. The molecule has 4 saturated heterocycles. The zero-order chi connectivity index (χ0) is 54.1. The van der Waals surface area contributed by atoms with Crippen LogP contribution in [0, 0.1) is 0 Å². The van der Waals surface area contributed by atoms with E-state index in [0.29, 0.717) is 36.3 Å². The molecule has 0 spiro atoms. The van der Waals surface area contributed by atoms with Crippen molar-refractivity contribution < 1.29 is 57.6 Å². The van der Waals surface area contributed by atoms with E-state index in [1.54, 1.807) is 11.4 Å². The quantitative estimate of drug-likeness (QED) is 0.166. The van der Waals surface area contributed by atoms with Crippen LogP contribution in [0.15, 0.2) is 267 Å². The van der Waals surface area contributed by atoms with E-state index in [1.807, 2.05) is 244 Å². The van der Waals surface area contributed by atoms with Gasteiger partial charge in [-0.15, -0.1) is 13.2 Å². The Balaban J connectivity index is 1.31. The lowest BCUT2D eigenvalue weighted by atomic mass is 10.4. The standard InChI is InChI=1S/C54H56O14Si11/c1-5-71(3)58-73(48-33-17-8-18-34-48,55-69-47-31-15-7-16-32-47)62-78(53-43-27-13-28-44-53)63-74(49-35-19-9-20-36-49)56-70-57-75(50-37-21-10-22-38-50)64-76(60-71,51-39-23-11-24-40-51)66-79(68-78,54-45-29-14-30-46-54)67-77(65-75,52-41-25-12-26-42-52)61-72(4,6-2)59-74/h5-46H,1-2,69-70H2,3-4H3/t71-,72+,73?,74?,75?,76?,77?,78?,79?/m0/s1. The fourth-order valence-electron chi connectivity index (χ4n) is 9.75. The van der Waals surface area contributed by atoms with Crippen LogP contribution in [0.3, 0.4) is 0 Å². The summed E-state index contributed by atoms with van der Waals surface area (Å²) < 4.78 is 113. The highest BCUT2D eigenvalue weighted by Crippen LogP contribution is 2.43. The Kier molecular flexibility index (Phi) is 15.3. The van der Waals surface area contributed by atoms with Gasteiger partial charge in [0.05, 0.1) is 0 Å². The van der Waals surface area contributed by atoms with Gasteiger partial charge in [0.1, 0.15) is 0 Å². The maximum Gasteiger partial charge on any atom is 0.515 e. The molecule has 25 heteroatoms. The van der Waals surface area contributed by atoms with Gasteiger partial charge in [0.2, 0.25) is 0 Å². The molecule has 0 radical (unpaired) electrons. The number of rotatable bonds is 12. The van der Waals surface area contributed by atoms with E-state index in [0.717, 1.165) is 5.19 Å². The Labute approximate surface area is 474 Å². The fraction of sp³-hybridized carbons (Fsp3) is 0.0370. The number of benzene rings is 8. The second-order valence-electron chi connectivity index (χ2n) is 19.2. The topological polar surface area (TPSA) is 129 Å². The highest BCUT2D eigenvalue weighted by atomic mass is 28.6. The van der Waals surface area contributed by atoms with Gasteiger partial charge in [-0.25, -0.2) is 0 Å². The molecule has 0 aromatic heterocycles. The molecule has 8 aromatic carbocycles. The predicted molar refractivity (Wildman–Crippen MR) is 325 cm³/mol. The molecule has 8 aromatic rings. The van der Waals surface area contributed by atoms with Crippen molar-refractivity contribution in [1.82, 2.24) is 0 Å². The highest BCUT2D eigenvalue weighted by molar-refractivity contribution is 7.10. The molecule has 6 bridgehead atoms. The van der Waals surface area contributed by atoms with Gasteiger partial charge in [-0.1, -0.05) is 254 Å². The summed E-state index contributed by atoms with van der Waals surface area (Å²) in [6.07, 6.45) is 0. The first kappa shape index (κ1) is 54.6. The second-order valence-corrected chi connectivity index (χ2v) is 49.7. The van der Waals surface area contributed by atoms with E-state index in [4.69, 9.17) is 57.6 Å². The SMILES string of the molecule is C=C[Si@@]1(C)O[Si](O[SiH2]c2ccccc2)(c2ccccc2)O[Si]2(c3ccccc3)O[Si]3(c4ccccc4)O[Si](c4ccccc4)(O[Si]4(c5ccccc5)O[SiH2]O[Si](c5ccccc5)(O2)O[Si@@](C)(C=C)O[Si](c2ccccc2)(O4)O3)O1. The van der Waals surface area contributed by atoms with Gasteiger partial charge >= 0.3 is 78.8 Å². The summed E-state index contributed by atoms with van der Waals surface area (Å²) >= 11 is 0. The minimum atomic E-state index is -5.15. The van der Waals surface area contributed by atoms with E-state index < -0.39 is 98.5 Å². The molecule has 14 nitrogen and oxygen atoms in total. The Morgan fingerprint density at radius 3 is 0.924 bits per heavy atom. The summed E-state index contributed by atoms with van der Waals surface area (Å²) in [5, 5.41) is 4.79. The molecule has 4 aliphatic heterocycles. The number of hydrogen-bond donors (Lipinski definition) is 0. The molecule has 12 rings (SSSR count). The Hall–Kier alpha value is -4.93. The minimum absolute atomic E-state index is 0.489. The molecule has 0 aliphatic carbocycles. The molecule has 400 valence electrons. The van der Waals surface area contributed by atoms with Gasteiger partial charge in [-0.05, 0) is 18.3 Å². The summed E-state index contributed by atoms with van der Waals surface area (Å²) in [7, 11) is -46.6. The normalized spacial score (nSPS) is 33.1.